The summed E-state index contributed by atoms with van der Waals surface area (Å²) in [5.74, 6) is 0.855. The lowest BCUT2D eigenvalue weighted by Crippen LogP contribution is -1.99. The van der Waals surface area contributed by atoms with Crippen LogP contribution in [0.15, 0.2) is 12.4 Å². The van der Waals surface area contributed by atoms with Crippen molar-refractivity contribution < 1.29 is 0 Å². The summed E-state index contributed by atoms with van der Waals surface area (Å²) < 4.78 is 1.93. The van der Waals surface area contributed by atoms with Gasteiger partial charge in [-0.05, 0) is 18.8 Å². The molecule has 0 amide bonds. The van der Waals surface area contributed by atoms with Crippen molar-refractivity contribution in [3.63, 3.8) is 0 Å². The fourth-order valence-corrected chi connectivity index (χ4v) is 1.12. The van der Waals surface area contributed by atoms with E-state index in [-0.39, 0.29) is 0 Å². The van der Waals surface area contributed by atoms with Crippen LogP contribution in [-0.2, 0) is 6.54 Å². The summed E-state index contributed by atoms with van der Waals surface area (Å²) in [6.07, 6.45) is 7.68. The molecular formula is C8H11N3. The lowest BCUT2D eigenvalue weighted by atomic mass is 10.4. The maximum atomic E-state index is 6.98. The zero-order valence-electron chi connectivity index (χ0n) is 6.33. The molecular weight excluding hydrogens is 138 g/mol. The minimum Gasteiger partial charge on any atom is -0.308 e. The third-order valence-electron chi connectivity index (χ3n) is 1.96. The summed E-state index contributed by atoms with van der Waals surface area (Å²) >= 11 is 0. The third-order valence-corrected chi connectivity index (χ3v) is 1.96. The first kappa shape index (κ1) is 6.58. The molecule has 0 radical (unpaired) electrons. The van der Waals surface area contributed by atoms with Crippen molar-refractivity contribution in [2.75, 3.05) is 0 Å². The molecule has 0 saturated heterocycles. The van der Waals surface area contributed by atoms with Crippen LogP contribution in [0.25, 0.3) is 0 Å². The van der Waals surface area contributed by atoms with E-state index >= 15 is 0 Å². The highest BCUT2D eigenvalue weighted by molar-refractivity contribution is 5.75. The van der Waals surface area contributed by atoms with Gasteiger partial charge in [0.2, 0.25) is 0 Å². The van der Waals surface area contributed by atoms with E-state index in [4.69, 9.17) is 5.41 Å². The summed E-state index contributed by atoms with van der Waals surface area (Å²) in [6, 6.07) is 0. The van der Waals surface area contributed by atoms with E-state index in [1.54, 1.807) is 6.20 Å². The van der Waals surface area contributed by atoms with Gasteiger partial charge in [-0.3, -0.25) is 4.68 Å². The summed E-state index contributed by atoms with van der Waals surface area (Å²) in [6.45, 7) is 1.04. The lowest BCUT2D eigenvalue weighted by Gasteiger charge is -1.95. The fourth-order valence-electron chi connectivity index (χ4n) is 1.12. The number of nitrogens with zero attached hydrogens (tertiary/aromatic N) is 2. The molecule has 1 fully saturated rings. The fraction of sp³-hybridized carbons (Fsp3) is 0.500. The average Bonchev–Trinajstić information content (AvgIpc) is 2.68. The van der Waals surface area contributed by atoms with Gasteiger partial charge in [-0.1, -0.05) is 0 Å². The highest BCUT2D eigenvalue weighted by Gasteiger charge is 2.21. The highest BCUT2D eigenvalue weighted by atomic mass is 15.3. The SMILES string of the molecule is N=Cc1cnn(CC2CC2)c1. The number of nitrogens with one attached hydrogen (secondary N) is 1. The van der Waals surface area contributed by atoms with Crippen molar-refractivity contribution in [1.29, 1.82) is 5.41 Å². The summed E-state index contributed by atoms with van der Waals surface area (Å²) in [5, 5.41) is 11.1. The average molecular weight is 149 g/mol. The zero-order chi connectivity index (χ0) is 7.68. The van der Waals surface area contributed by atoms with E-state index < -0.39 is 0 Å². The van der Waals surface area contributed by atoms with Crippen LogP contribution in [0.4, 0.5) is 0 Å². The van der Waals surface area contributed by atoms with Crippen molar-refractivity contribution in [3.8, 4) is 0 Å². The maximum Gasteiger partial charge on any atom is 0.0577 e. The second kappa shape index (κ2) is 2.49. The first-order valence-electron chi connectivity index (χ1n) is 3.91. The quantitative estimate of drug-likeness (QED) is 0.646. The lowest BCUT2D eigenvalue weighted by molar-refractivity contribution is 0.563. The molecule has 1 N–H and O–H groups in total. The van der Waals surface area contributed by atoms with Crippen LogP contribution in [0.5, 0.6) is 0 Å². The van der Waals surface area contributed by atoms with Gasteiger partial charge in [-0.25, -0.2) is 0 Å². The normalized spacial score (nSPS) is 16.7. The molecule has 1 aliphatic carbocycles. The van der Waals surface area contributed by atoms with Gasteiger partial charge in [0.15, 0.2) is 0 Å². The van der Waals surface area contributed by atoms with Gasteiger partial charge in [0.05, 0.1) is 6.20 Å². The van der Waals surface area contributed by atoms with E-state index in [2.05, 4.69) is 5.10 Å². The monoisotopic (exact) mass is 149 g/mol. The smallest absolute Gasteiger partial charge is 0.0577 e. The predicted molar refractivity (Wildman–Crippen MR) is 42.8 cm³/mol. The van der Waals surface area contributed by atoms with Crippen molar-refractivity contribution in [2.24, 2.45) is 5.92 Å². The molecule has 3 nitrogen and oxygen atoms in total. The topological polar surface area (TPSA) is 41.7 Å². The number of hydrogen-bond donors (Lipinski definition) is 1. The van der Waals surface area contributed by atoms with E-state index in [0.717, 1.165) is 18.0 Å². The summed E-state index contributed by atoms with van der Waals surface area (Å²) in [4.78, 5) is 0. The Morgan fingerprint density at radius 2 is 2.55 bits per heavy atom. The highest BCUT2D eigenvalue weighted by Crippen LogP contribution is 2.30. The Labute approximate surface area is 65.5 Å². The molecule has 1 saturated carbocycles. The van der Waals surface area contributed by atoms with Crippen LogP contribution in [0.2, 0.25) is 0 Å². The summed E-state index contributed by atoms with van der Waals surface area (Å²) in [5.41, 5.74) is 0.894. The van der Waals surface area contributed by atoms with E-state index in [9.17, 15) is 0 Å². The molecule has 0 unspecified atom stereocenters. The van der Waals surface area contributed by atoms with E-state index in [1.165, 1.54) is 19.1 Å². The molecule has 11 heavy (non-hydrogen) atoms. The molecule has 1 heterocycles. The molecule has 0 bridgehead atoms. The predicted octanol–water partition coefficient (Wildman–Crippen LogP) is 1.29. The molecule has 0 spiro atoms. The first-order chi connectivity index (χ1) is 5.38. The minimum atomic E-state index is 0.855. The van der Waals surface area contributed by atoms with Crippen LogP contribution in [0.3, 0.4) is 0 Å². The minimum absolute atomic E-state index is 0.855. The molecule has 1 aromatic heterocycles. The summed E-state index contributed by atoms with van der Waals surface area (Å²) in [7, 11) is 0. The standard InChI is InChI=1S/C8H11N3/c9-3-8-4-10-11(6-8)5-7-1-2-7/h3-4,6-7,9H,1-2,5H2. The van der Waals surface area contributed by atoms with E-state index in [0.29, 0.717) is 0 Å². The van der Waals surface area contributed by atoms with Crippen LogP contribution in [0.1, 0.15) is 18.4 Å². The molecule has 58 valence electrons. The Bertz CT molecular complexity index is 260. The Balaban J connectivity index is 2.05. The molecule has 3 heteroatoms. The van der Waals surface area contributed by atoms with Gasteiger partial charge < -0.3 is 5.41 Å². The largest absolute Gasteiger partial charge is 0.308 e. The molecule has 2 rings (SSSR count). The maximum absolute atomic E-state index is 6.98. The number of hydrogen-bond acceptors (Lipinski definition) is 2. The second-order valence-corrected chi connectivity index (χ2v) is 3.08. The van der Waals surface area contributed by atoms with E-state index in [1.807, 2.05) is 10.9 Å². The number of rotatable bonds is 3. The van der Waals surface area contributed by atoms with Gasteiger partial charge >= 0.3 is 0 Å². The van der Waals surface area contributed by atoms with Crippen LogP contribution in [-0.4, -0.2) is 16.0 Å². The van der Waals surface area contributed by atoms with Gasteiger partial charge in [0.25, 0.3) is 0 Å². The molecule has 1 aliphatic rings. The van der Waals surface area contributed by atoms with Crippen molar-refractivity contribution >= 4 is 6.21 Å². The molecule has 0 atom stereocenters. The molecule has 0 aromatic carbocycles. The van der Waals surface area contributed by atoms with Gasteiger partial charge in [0.1, 0.15) is 0 Å². The van der Waals surface area contributed by atoms with Crippen molar-refractivity contribution in [3.05, 3.63) is 18.0 Å². The molecule has 1 aromatic rings. The van der Waals surface area contributed by atoms with Crippen LogP contribution in [0, 0.1) is 11.3 Å². The Morgan fingerprint density at radius 3 is 3.09 bits per heavy atom. The second-order valence-electron chi connectivity index (χ2n) is 3.08. The van der Waals surface area contributed by atoms with Gasteiger partial charge in [0, 0.05) is 24.5 Å². The van der Waals surface area contributed by atoms with Gasteiger partial charge in [-0.2, -0.15) is 5.10 Å². The Kier molecular flexibility index (Phi) is 1.49. The Morgan fingerprint density at radius 1 is 1.73 bits per heavy atom. The molecule has 0 aliphatic heterocycles. The van der Waals surface area contributed by atoms with Gasteiger partial charge in [-0.15, -0.1) is 0 Å². The number of aromatic nitrogens is 2. The Hall–Kier alpha value is -1.12. The first-order valence-corrected chi connectivity index (χ1v) is 3.91. The van der Waals surface area contributed by atoms with Crippen LogP contribution < -0.4 is 0 Å². The zero-order valence-corrected chi connectivity index (χ0v) is 6.33. The third kappa shape index (κ3) is 1.48. The van der Waals surface area contributed by atoms with Crippen LogP contribution >= 0.6 is 0 Å². The van der Waals surface area contributed by atoms with Crippen molar-refractivity contribution in [2.45, 2.75) is 19.4 Å². The van der Waals surface area contributed by atoms with Crippen molar-refractivity contribution in [1.82, 2.24) is 9.78 Å².